The Hall–Kier alpha value is -2.14. The Kier molecular flexibility index (Phi) is 3.75. The average molecular weight is 283 g/mol. The molecule has 2 N–H and O–H groups in total. The van der Waals surface area contributed by atoms with Crippen molar-refractivity contribution in [1.29, 1.82) is 0 Å². The number of nitrogens with zero attached hydrogens (tertiary/aromatic N) is 4. The molecule has 0 aliphatic rings. The van der Waals surface area contributed by atoms with E-state index in [1.165, 1.54) is 11.1 Å². The Morgan fingerprint density at radius 3 is 2.86 bits per heavy atom. The first-order valence-corrected chi connectivity index (χ1v) is 7.42. The van der Waals surface area contributed by atoms with Crippen LogP contribution in [0.15, 0.2) is 30.7 Å². The largest absolute Gasteiger partial charge is 0.335 e. The summed E-state index contributed by atoms with van der Waals surface area (Å²) in [5.74, 6) is 0.938. The molecule has 1 aromatic carbocycles. The third-order valence-electron chi connectivity index (χ3n) is 3.60. The smallest absolute Gasteiger partial charge is 0.161 e. The van der Waals surface area contributed by atoms with E-state index in [-0.39, 0.29) is 0 Å². The zero-order valence-corrected chi connectivity index (χ0v) is 12.6. The van der Waals surface area contributed by atoms with Crippen molar-refractivity contribution in [2.45, 2.75) is 33.4 Å². The van der Waals surface area contributed by atoms with Crippen LogP contribution in [0.25, 0.3) is 22.6 Å². The van der Waals surface area contributed by atoms with Crippen molar-refractivity contribution in [2.75, 3.05) is 6.54 Å². The standard InChI is InChI=1S/C16H21N5/c1-3-7-21-15-5-4-12(2)9-13(15)19-16(21)14-10-20(8-6-17)11-18-14/h4-5,9-11H,3,6-8,17H2,1-2H3. The van der Waals surface area contributed by atoms with Crippen molar-refractivity contribution in [3.8, 4) is 11.5 Å². The summed E-state index contributed by atoms with van der Waals surface area (Å²) >= 11 is 0. The molecule has 2 heterocycles. The molecule has 21 heavy (non-hydrogen) atoms. The number of hydrogen-bond acceptors (Lipinski definition) is 3. The van der Waals surface area contributed by atoms with E-state index in [9.17, 15) is 0 Å². The van der Waals surface area contributed by atoms with Gasteiger partial charge in [0.2, 0.25) is 0 Å². The number of fused-ring (bicyclic) bond motifs is 1. The molecule has 0 atom stereocenters. The molecule has 2 aromatic heterocycles. The second-order valence-electron chi connectivity index (χ2n) is 5.36. The van der Waals surface area contributed by atoms with E-state index in [1.54, 1.807) is 0 Å². The summed E-state index contributed by atoms with van der Waals surface area (Å²) in [6, 6.07) is 6.41. The fourth-order valence-electron chi connectivity index (χ4n) is 2.63. The molecule has 0 spiro atoms. The highest BCUT2D eigenvalue weighted by molar-refractivity contribution is 5.80. The number of nitrogens with two attached hydrogens (primary N) is 1. The topological polar surface area (TPSA) is 61.7 Å². The maximum absolute atomic E-state index is 5.59. The fraction of sp³-hybridized carbons (Fsp3) is 0.375. The number of aryl methyl sites for hydroxylation is 2. The minimum absolute atomic E-state index is 0.611. The molecule has 0 aliphatic heterocycles. The van der Waals surface area contributed by atoms with Crippen molar-refractivity contribution in [3.63, 3.8) is 0 Å². The molecule has 0 fully saturated rings. The highest BCUT2D eigenvalue weighted by Gasteiger charge is 2.14. The van der Waals surface area contributed by atoms with Crippen LogP contribution in [-0.4, -0.2) is 25.6 Å². The number of aromatic nitrogens is 4. The van der Waals surface area contributed by atoms with E-state index in [0.717, 1.165) is 36.5 Å². The molecule has 0 radical (unpaired) electrons. The number of imidazole rings is 2. The molecular weight excluding hydrogens is 262 g/mol. The van der Waals surface area contributed by atoms with Gasteiger partial charge in [-0.25, -0.2) is 9.97 Å². The molecule has 110 valence electrons. The second kappa shape index (κ2) is 5.69. The van der Waals surface area contributed by atoms with Crippen molar-refractivity contribution < 1.29 is 0 Å². The predicted octanol–water partition coefficient (Wildman–Crippen LogP) is 2.58. The van der Waals surface area contributed by atoms with Crippen LogP contribution in [0.5, 0.6) is 0 Å². The lowest BCUT2D eigenvalue weighted by atomic mass is 10.2. The Morgan fingerprint density at radius 2 is 2.10 bits per heavy atom. The number of rotatable bonds is 5. The van der Waals surface area contributed by atoms with Crippen LogP contribution in [0.3, 0.4) is 0 Å². The van der Waals surface area contributed by atoms with Crippen LogP contribution in [0.1, 0.15) is 18.9 Å². The normalized spacial score (nSPS) is 11.4. The quantitative estimate of drug-likeness (QED) is 0.783. The summed E-state index contributed by atoms with van der Waals surface area (Å²) < 4.78 is 4.26. The van der Waals surface area contributed by atoms with Crippen LogP contribution < -0.4 is 5.73 Å². The van der Waals surface area contributed by atoms with Gasteiger partial charge >= 0.3 is 0 Å². The molecule has 0 aliphatic carbocycles. The Labute approximate surface area is 124 Å². The molecule has 5 nitrogen and oxygen atoms in total. The van der Waals surface area contributed by atoms with Gasteiger partial charge in [0.1, 0.15) is 5.69 Å². The SMILES string of the molecule is CCCn1c(-c2cn(CCN)cn2)nc2cc(C)ccc21. The number of benzene rings is 1. The zero-order chi connectivity index (χ0) is 14.8. The summed E-state index contributed by atoms with van der Waals surface area (Å²) in [6.45, 7) is 6.60. The van der Waals surface area contributed by atoms with Crippen molar-refractivity contribution >= 4 is 11.0 Å². The van der Waals surface area contributed by atoms with Gasteiger partial charge in [-0.3, -0.25) is 0 Å². The summed E-state index contributed by atoms with van der Waals surface area (Å²) in [5.41, 5.74) is 9.93. The van der Waals surface area contributed by atoms with Crippen LogP contribution in [0.2, 0.25) is 0 Å². The van der Waals surface area contributed by atoms with E-state index in [1.807, 2.05) is 17.1 Å². The van der Waals surface area contributed by atoms with E-state index < -0.39 is 0 Å². The lowest BCUT2D eigenvalue weighted by molar-refractivity contribution is 0.700. The summed E-state index contributed by atoms with van der Waals surface area (Å²) in [5, 5.41) is 0. The summed E-state index contributed by atoms with van der Waals surface area (Å²) in [4.78, 5) is 9.28. The maximum Gasteiger partial charge on any atom is 0.161 e. The van der Waals surface area contributed by atoms with Gasteiger partial charge in [-0.05, 0) is 31.0 Å². The first-order valence-electron chi connectivity index (χ1n) is 7.42. The Bertz CT molecular complexity index is 753. The molecule has 3 aromatic rings. The molecule has 0 unspecified atom stereocenters. The van der Waals surface area contributed by atoms with Gasteiger partial charge in [0, 0.05) is 25.8 Å². The van der Waals surface area contributed by atoms with Crippen LogP contribution >= 0.6 is 0 Å². The van der Waals surface area contributed by atoms with Crippen molar-refractivity contribution in [2.24, 2.45) is 5.73 Å². The summed E-state index contributed by atoms with van der Waals surface area (Å²) in [6.07, 6.45) is 4.91. The van der Waals surface area contributed by atoms with E-state index in [4.69, 9.17) is 10.7 Å². The van der Waals surface area contributed by atoms with Gasteiger partial charge in [0.25, 0.3) is 0 Å². The van der Waals surface area contributed by atoms with Gasteiger partial charge < -0.3 is 14.9 Å². The van der Waals surface area contributed by atoms with Gasteiger partial charge in [-0.2, -0.15) is 0 Å². The average Bonchev–Trinajstić information content (AvgIpc) is 3.04. The molecular formula is C16H21N5. The predicted molar refractivity (Wildman–Crippen MR) is 85.0 cm³/mol. The van der Waals surface area contributed by atoms with Crippen LogP contribution in [-0.2, 0) is 13.1 Å². The van der Waals surface area contributed by atoms with Gasteiger partial charge in [0.05, 0.1) is 17.4 Å². The molecule has 0 amide bonds. The maximum atomic E-state index is 5.59. The minimum Gasteiger partial charge on any atom is -0.335 e. The Balaban J connectivity index is 2.12. The molecule has 3 rings (SSSR count). The van der Waals surface area contributed by atoms with Crippen LogP contribution in [0, 0.1) is 6.92 Å². The third kappa shape index (κ3) is 2.56. The molecule has 0 bridgehead atoms. The highest BCUT2D eigenvalue weighted by Crippen LogP contribution is 2.24. The third-order valence-corrected chi connectivity index (χ3v) is 3.60. The molecule has 0 saturated carbocycles. The van der Waals surface area contributed by atoms with E-state index in [2.05, 4.69) is 41.6 Å². The minimum atomic E-state index is 0.611. The molecule has 0 saturated heterocycles. The van der Waals surface area contributed by atoms with Gasteiger partial charge in [-0.1, -0.05) is 13.0 Å². The first kappa shape index (κ1) is 13.8. The second-order valence-corrected chi connectivity index (χ2v) is 5.36. The van der Waals surface area contributed by atoms with E-state index >= 15 is 0 Å². The fourth-order valence-corrected chi connectivity index (χ4v) is 2.63. The Morgan fingerprint density at radius 1 is 1.24 bits per heavy atom. The lowest BCUT2D eigenvalue weighted by Gasteiger charge is -2.05. The zero-order valence-electron chi connectivity index (χ0n) is 12.6. The first-order chi connectivity index (χ1) is 10.2. The van der Waals surface area contributed by atoms with Crippen molar-refractivity contribution in [1.82, 2.24) is 19.1 Å². The van der Waals surface area contributed by atoms with Crippen molar-refractivity contribution in [3.05, 3.63) is 36.3 Å². The van der Waals surface area contributed by atoms with Gasteiger partial charge in [0.15, 0.2) is 5.82 Å². The summed E-state index contributed by atoms with van der Waals surface area (Å²) in [7, 11) is 0. The van der Waals surface area contributed by atoms with Crippen LogP contribution in [0.4, 0.5) is 0 Å². The monoisotopic (exact) mass is 283 g/mol. The van der Waals surface area contributed by atoms with E-state index in [0.29, 0.717) is 6.54 Å². The lowest BCUT2D eigenvalue weighted by Crippen LogP contribution is -2.07. The molecule has 5 heteroatoms. The van der Waals surface area contributed by atoms with Gasteiger partial charge in [-0.15, -0.1) is 0 Å². The number of hydrogen-bond donors (Lipinski definition) is 1. The highest BCUT2D eigenvalue weighted by atomic mass is 15.1.